The van der Waals surface area contributed by atoms with E-state index in [0.717, 1.165) is 33.7 Å². The normalized spacial score (nSPS) is 15.0. The fourth-order valence-electron chi connectivity index (χ4n) is 3.55. The first-order valence-electron chi connectivity index (χ1n) is 9.36. The second-order valence-electron chi connectivity index (χ2n) is 7.16. The third-order valence-electron chi connectivity index (χ3n) is 5.05. The quantitative estimate of drug-likeness (QED) is 0.696. The van der Waals surface area contributed by atoms with Gasteiger partial charge in [0, 0.05) is 11.3 Å². The predicted molar refractivity (Wildman–Crippen MR) is 111 cm³/mol. The minimum absolute atomic E-state index is 0.00534. The van der Waals surface area contributed by atoms with E-state index in [1.807, 2.05) is 56.3 Å². The molecule has 148 valence electrons. The molecular weight excluding hydrogens is 368 g/mol. The van der Waals surface area contributed by atoms with Gasteiger partial charge in [-0.3, -0.25) is 9.59 Å². The number of rotatable bonds is 5. The Morgan fingerprint density at radius 1 is 1.24 bits per heavy atom. The van der Waals surface area contributed by atoms with Crippen LogP contribution in [0.15, 0.2) is 48.7 Å². The molecule has 3 aromatic rings. The van der Waals surface area contributed by atoms with Crippen LogP contribution < -0.4 is 15.4 Å². The van der Waals surface area contributed by atoms with Crippen LogP contribution in [0, 0.1) is 13.8 Å². The van der Waals surface area contributed by atoms with Gasteiger partial charge in [-0.2, -0.15) is 5.10 Å². The zero-order valence-electron chi connectivity index (χ0n) is 16.5. The number of methoxy groups -OCH3 is 1. The summed E-state index contributed by atoms with van der Waals surface area (Å²) in [6.45, 7) is 3.94. The SMILES string of the molecule is COc1cccc(-c2cnn3c2NC(=O)C3CC(=O)Nc2ccc(C)cc2C)c1. The minimum atomic E-state index is -0.685. The summed E-state index contributed by atoms with van der Waals surface area (Å²) in [5.74, 6) is 0.833. The molecule has 0 radical (unpaired) electrons. The van der Waals surface area contributed by atoms with Crippen molar-refractivity contribution in [2.75, 3.05) is 17.7 Å². The number of benzene rings is 2. The molecule has 0 spiro atoms. The van der Waals surface area contributed by atoms with Crippen LogP contribution in [0.2, 0.25) is 0 Å². The van der Waals surface area contributed by atoms with E-state index >= 15 is 0 Å². The summed E-state index contributed by atoms with van der Waals surface area (Å²) in [6, 6.07) is 12.7. The number of fused-ring (bicyclic) bond motifs is 1. The van der Waals surface area contributed by atoms with Crippen LogP contribution in [0.25, 0.3) is 11.1 Å². The lowest BCUT2D eigenvalue weighted by atomic mass is 10.1. The van der Waals surface area contributed by atoms with Gasteiger partial charge in [-0.1, -0.05) is 29.8 Å². The first-order valence-corrected chi connectivity index (χ1v) is 9.36. The average Bonchev–Trinajstić information content (AvgIpc) is 3.23. The molecule has 2 amide bonds. The van der Waals surface area contributed by atoms with Crippen molar-refractivity contribution in [2.24, 2.45) is 0 Å². The molecule has 0 saturated heterocycles. The Kier molecular flexibility index (Phi) is 4.80. The molecule has 0 saturated carbocycles. The molecule has 1 atom stereocenters. The van der Waals surface area contributed by atoms with Crippen LogP contribution in [0.3, 0.4) is 0 Å². The fraction of sp³-hybridized carbons (Fsp3) is 0.227. The molecule has 2 N–H and O–H groups in total. The van der Waals surface area contributed by atoms with Gasteiger partial charge in [0.25, 0.3) is 5.91 Å². The summed E-state index contributed by atoms with van der Waals surface area (Å²) in [5.41, 5.74) is 4.52. The molecule has 0 bridgehead atoms. The van der Waals surface area contributed by atoms with E-state index in [2.05, 4.69) is 15.7 Å². The van der Waals surface area contributed by atoms with E-state index in [0.29, 0.717) is 5.82 Å². The number of anilines is 2. The number of ether oxygens (including phenoxy) is 1. The second-order valence-corrected chi connectivity index (χ2v) is 7.16. The Morgan fingerprint density at radius 3 is 2.83 bits per heavy atom. The zero-order valence-corrected chi connectivity index (χ0v) is 16.5. The minimum Gasteiger partial charge on any atom is -0.497 e. The summed E-state index contributed by atoms with van der Waals surface area (Å²) >= 11 is 0. The Hall–Kier alpha value is -3.61. The van der Waals surface area contributed by atoms with E-state index in [1.54, 1.807) is 18.0 Å². The molecule has 1 unspecified atom stereocenters. The molecule has 0 aliphatic carbocycles. The van der Waals surface area contributed by atoms with E-state index in [-0.39, 0.29) is 18.2 Å². The van der Waals surface area contributed by atoms with Crippen LogP contribution in [0.1, 0.15) is 23.6 Å². The van der Waals surface area contributed by atoms with Crippen molar-refractivity contribution in [3.63, 3.8) is 0 Å². The third-order valence-corrected chi connectivity index (χ3v) is 5.05. The Morgan fingerprint density at radius 2 is 2.07 bits per heavy atom. The molecule has 1 aliphatic rings. The molecule has 2 heterocycles. The predicted octanol–water partition coefficient (Wildman–Crippen LogP) is 3.70. The highest BCUT2D eigenvalue weighted by Gasteiger charge is 2.35. The van der Waals surface area contributed by atoms with E-state index in [1.165, 1.54) is 0 Å². The van der Waals surface area contributed by atoms with Gasteiger partial charge < -0.3 is 15.4 Å². The van der Waals surface area contributed by atoms with Gasteiger partial charge >= 0.3 is 0 Å². The largest absolute Gasteiger partial charge is 0.497 e. The number of carbonyl (C=O) groups excluding carboxylic acids is 2. The van der Waals surface area contributed by atoms with Crippen LogP contribution in [0.4, 0.5) is 11.5 Å². The van der Waals surface area contributed by atoms with Crippen LogP contribution >= 0.6 is 0 Å². The van der Waals surface area contributed by atoms with E-state index < -0.39 is 6.04 Å². The molecule has 1 aromatic heterocycles. The molecule has 2 aromatic carbocycles. The molecule has 0 fully saturated rings. The average molecular weight is 390 g/mol. The molecule has 7 nitrogen and oxygen atoms in total. The summed E-state index contributed by atoms with van der Waals surface area (Å²) in [7, 11) is 1.60. The van der Waals surface area contributed by atoms with Gasteiger partial charge in [0.15, 0.2) is 0 Å². The Labute approximate surface area is 168 Å². The van der Waals surface area contributed by atoms with Gasteiger partial charge in [0.2, 0.25) is 5.91 Å². The van der Waals surface area contributed by atoms with Gasteiger partial charge in [0.05, 0.1) is 19.7 Å². The Balaban J connectivity index is 1.54. The van der Waals surface area contributed by atoms with Crippen molar-refractivity contribution < 1.29 is 14.3 Å². The van der Waals surface area contributed by atoms with Crippen LogP contribution in [-0.2, 0) is 9.59 Å². The maximum Gasteiger partial charge on any atom is 0.251 e. The lowest BCUT2D eigenvalue weighted by Gasteiger charge is -2.12. The molecule has 29 heavy (non-hydrogen) atoms. The smallest absolute Gasteiger partial charge is 0.251 e. The van der Waals surface area contributed by atoms with Gasteiger partial charge in [-0.25, -0.2) is 4.68 Å². The van der Waals surface area contributed by atoms with E-state index in [4.69, 9.17) is 4.74 Å². The highest BCUT2D eigenvalue weighted by atomic mass is 16.5. The number of hydrogen-bond donors (Lipinski definition) is 2. The number of hydrogen-bond acceptors (Lipinski definition) is 4. The molecule has 1 aliphatic heterocycles. The van der Waals surface area contributed by atoms with Gasteiger partial charge in [-0.15, -0.1) is 0 Å². The molecule has 7 heteroatoms. The standard InChI is InChI=1S/C22H22N4O3/c1-13-7-8-18(14(2)9-13)24-20(27)11-19-22(28)25-21-17(12-23-26(19)21)15-5-4-6-16(10-15)29-3/h4-10,12,19H,11H2,1-3H3,(H,24,27)(H,25,28). The number of amides is 2. The van der Waals surface area contributed by atoms with Crippen molar-refractivity contribution in [1.82, 2.24) is 9.78 Å². The van der Waals surface area contributed by atoms with Crippen molar-refractivity contribution in [3.8, 4) is 16.9 Å². The van der Waals surface area contributed by atoms with Crippen LogP contribution in [0.5, 0.6) is 5.75 Å². The number of aromatic nitrogens is 2. The zero-order chi connectivity index (χ0) is 20.5. The second kappa shape index (κ2) is 7.43. The summed E-state index contributed by atoms with van der Waals surface area (Å²) in [5, 5.41) is 10.1. The highest BCUT2D eigenvalue weighted by Crippen LogP contribution is 2.36. The van der Waals surface area contributed by atoms with Crippen molar-refractivity contribution in [3.05, 3.63) is 59.8 Å². The highest BCUT2D eigenvalue weighted by molar-refractivity contribution is 6.04. The fourth-order valence-corrected chi connectivity index (χ4v) is 3.55. The van der Waals surface area contributed by atoms with Crippen LogP contribution in [-0.4, -0.2) is 28.7 Å². The van der Waals surface area contributed by atoms with Gasteiger partial charge in [0.1, 0.15) is 17.6 Å². The molecular formula is C22H22N4O3. The number of aryl methyl sites for hydroxylation is 2. The third kappa shape index (κ3) is 3.59. The lowest BCUT2D eigenvalue weighted by molar-refractivity contribution is -0.123. The summed E-state index contributed by atoms with van der Waals surface area (Å²) < 4.78 is 6.86. The molecule has 4 rings (SSSR count). The van der Waals surface area contributed by atoms with Crippen molar-refractivity contribution in [1.29, 1.82) is 0 Å². The number of carbonyl (C=O) groups is 2. The topological polar surface area (TPSA) is 85.2 Å². The van der Waals surface area contributed by atoms with Crippen molar-refractivity contribution >= 4 is 23.3 Å². The number of nitrogens with zero attached hydrogens (tertiary/aromatic N) is 2. The van der Waals surface area contributed by atoms with E-state index in [9.17, 15) is 9.59 Å². The van der Waals surface area contributed by atoms with Gasteiger partial charge in [-0.05, 0) is 43.2 Å². The summed E-state index contributed by atoms with van der Waals surface area (Å²) in [4.78, 5) is 25.1. The summed E-state index contributed by atoms with van der Waals surface area (Å²) in [6.07, 6.45) is 1.70. The monoisotopic (exact) mass is 390 g/mol. The maximum absolute atomic E-state index is 12.6. The first kappa shape index (κ1) is 18.7. The Bertz CT molecular complexity index is 1100. The lowest BCUT2D eigenvalue weighted by Crippen LogP contribution is -2.23. The number of nitrogens with one attached hydrogen (secondary N) is 2. The first-order chi connectivity index (χ1) is 14.0. The van der Waals surface area contributed by atoms with Crippen molar-refractivity contribution in [2.45, 2.75) is 26.3 Å². The maximum atomic E-state index is 12.6.